The number of fused-ring (bicyclic) bond motifs is 2. The molecule has 0 amide bonds. The number of carbonyl (C=O) groups is 1. The van der Waals surface area contributed by atoms with E-state index in [-0.39, 0.29) is 35.2 Å². The molecule has 3 atom stereocenters. The summed E-state index contributed by atoms with van der Waals surface area (Å²) in [5, 5.41) is 10.9. The van der Waals surface area contributed by atoms with Gasteiger partial charge in [-0.25, -0.2) is 8.78 Å². The Labute approximate surface area is 167 Å². The normalized spacial score (nSPS) is 23.8. The van der Waals surface area contributed by atoms with E-state index in [9.17, 15) is 18.7 Å². The minimum absolute atomic E-state index is 0.0420. The van der Waals surface area contributed by atoms with Gasteiger partial charge in [-0.05, 0) is 74.1 Å². The Morgan fingerprint density at radius 2 is 1.90 bits per heavy atom. The maximum Gasteiger partial charge on any atom is 0.168 e. The lowest BCUT2D eigenvalue weighted by atomic mass is 9.84. The SMILES string of the molecule is Cc1cc(Oc2ccc(F)cc2F)cc(C)c1/C(C=O)=C(\O)[C@H]1C[C@@H]2CC[C@H]1O2. The van der Waals surface area contributed by atoms with Gasteiger partial charge < -0.3 is 14.6 Å². The van der Waals surface area contributed by atoms with Gasteiger partial charge in [0.05, 0.1) is 17.8 Å². The molecule has 0 aliphatic carbocycles. The number of aryl methyl sites for hydroxylation is 2. The Bertz CT molecular complexity index is 975. The summed E-state index contributed by atoms with van der Waals surface area (Å²) in [4.78, 5) is 11.9. The first-order chi connectivity index (χ1) is 13.9. The van der Waals surface area contributed by atoms with Gasteiger partial charge in [-0.15, -0.1) is 0 Å². The van der Waals surface area contributed by atoms with Crippen LogP contribution in [0.3, 0.4) is 0 Å². The van der Waals surface area contributed by atoms with Crippen molar-refractivity contribution in [3.63, 3.8) is 0 Å². The van der Waals surface area contributed by atoms with Crippen LogP contribution in [-0.4, -0.2) is 23.6 Å². The van der Waals surface area contributed by atoms with E-state index < -0.39 is 11.6 Å². The number of aldehydes is 1. The second-order valence-electron chi connectivity index (χ2n) is 7.74. The fraction of sp³-hybridized carbons (Fsp3) is 0.348. The molecule has 2 heterocycles. The van der Waals surface area contributed by atoms with Crippen LogP contribution in [0.15, 0.2) is 36.1 Å². The molecule has 2 saturated heterocycles. The second-order valence-corrected chi connectivity index (χ2v) is 7.74. The zero-order valence-electron chi connectivity index (χ0n) is 16.2. The van der Waals surface area contributed by atoms with Gasteiger partial charge in [0.15, 0.2) is 17.9 Å². The van der Waals surface area contributed by atoms with E-state index in [1.54, 1.807) is 26.0 Å². The highest BCUT2D eigenvalue weighted by atomic mass is 19.1. The molecule has 6 heteroatoms. The molecule has 2 aliphatic heterocycles. The van der Waals surface area contributed by atoms with E-state index in [0.717, 1.165) is 31.4 Å². The zero-order valence-corrected chi connectivity index (χ0v) is 16.2. The number of halogens is 2. The van der Waals surface area contributed by atoms with Crippen molar-refractivity contribution in [2.45, 2.75) is 45.3 Å². The van der Waals surface area contributed by atoms with Gasteiger partial charge >= 0.3 is 0 Å². The third kappa shape index (κ3) is 3.65. The smallest absolute Gasteiger partial charge is 0.168 e. The fourth-order valence-corrected chi connectivity index (χ4v) is 4.47. The molecule has 0 saturated carbocycles. The summed E-state index contributed by atoms with van der Waals surface area (Å²) in [7, 11) is 0. The highest BCUT2D eigenvalue weighted by Gasteiger charge is 2.43. The quantitative estimate of drug-likeness (QED) is 0.414. The Morgan fingerprint density at radius 1 is 1.17 bits per heavy atom. The summed E-state index contributed by atoms with van der Waals surface area (Å²) in [6.07, 6.45) is 3.39. The molecule has 2 fully saturated rings. The van der Waals surface area contributed by atoms with Crippen LogP contribution in [0.2, 0.25) is 0 Å². The molecule has 0 aromatic heterocycles. The van der Waals surface area contributed by atoms with E-state index in [2.05, 4.69) is 0 Å². The Hall–Kier alpha value is -2.73. The topological polar surface area (TPSA) is 55.8 Å². The van der Waals surface area contributed by atoms with Crippen molar-refractivity contribution in [3.8, 4) is 11.5 Å². The van der Waals surface area contributed by atoms with Crippen molar-refractivity contribution in [1.82, 2.24) is 0 Å². The first-order valence-corrected chi connectivity index (χ1v) is 9.65. The van der Waals surface area contributed by atoms with Crippen molar-refractivity contribution in [2.24, 2.45) is 5.92 Å². The molecule has 0 spiro atoms. The molecule has 2 aliphatic rings. The van der Waals surface area contributed by atoms with Gasteiger partial charge in [-0.3, -0.25) is 4.79 Å². The van der Waals surface area contributed by atoms with Crippen LogP contribution in [-0.2, 0) is 9.53 Å². The van der Waals surface area contributed by atoms with Gasteiger partial charge in [-0.1, -0.05) is 0 Å². The molecule has 4 rings (SSSR count). The summed E-state index contributed by atoms with van der Waals surface area (Å²) >= 11 is 0. The molecule has 152 valence electrons. The monoisotopic (exact) mass is 400 g/mol. The lowest BCUT2D eigenvalue weighted by molar-refractivity contribution is -0.103. The predicted octanol–water partition coefficient (Wildman–Crippen LogP) is 5.41. The largest absolute Gasteiger partial charge is 0.511 e. The molecule has 2 aromatic rings. The molecule has 2 aromatic carbocycles. The molecular weight excluding hydrogens is 378 g/mol. The van der Waals surface area contributed by atoms with Crippen molar-refractivity contribution < 1.29 is 28.2 Å². The van der Waals surface area contributed by atoms with E-state index >= 15 is 0 Å². The van der Waals surface area contributed by atoms with E-state index in [1.165, 1.54) is 6.07 Å². The Balaban J connectivity index is 1.67. The molecule has 1 N–H and O–H groups in total. The van der Waals surface area contributed by atoms with Gasteiger partial charge in [0.25, 0.3) is 0 Å². The number of hydrogen-bond donors (Lipinski definition) is 1. The molecule has 29 heavy (non-hydrogen) atoms. The van der Waals surface area contributed by atoms with E-state index in [4.69, 9.17) is 9.47 Å². The lowest BCUT2D eigenvalue weighted by Gasteiger charge is -2.21. The van der Waals surface area contributed by atoms with Crippen LogP contribution in [0.25, 0.3) is 5.57 Å². The van der Waals surface area contributed by atoms with Crippen molar-refractivity contribution in [3.05, 3.63) is 64.4 Å². The molecule has 0 radical (unpaired) electrons. The van der Waals surface area contributed by atoms with Crippen LogP contribution in [0.4, 0.5) is 8.78 Å². The lowest BCUT2D eigenvalue weighted by Crippen LogP contribution is -2.20. The zero-order chi connectivity index (χ0) is 20.7. The maximum atomic E-state index is 13.9. The predicted molar refractivity (Wildman–Crippen MR) is 104 cm³/mol. The van der Waals surface area contributed by atoms with Crippen LogP contribution in [0.5, 0.6) is 11.5 Å². The summed E-state index contributed by atoms with van der Waals surface area (Å²) in [5.74, 6) is -1.31. The average molecular weight is 400 g/mol. The number of carbonyl (C=O) groups excluding carboxylic acids is 1. The first kappa shape index (κ1) is 19.6. The first-order valence-electron chi connectivity index (χ1n) is 9.65. The van der Waals surface area contributed by atoms with Crippen molar-refractivity contribution >= 4 is 11.9 Å². The molecule has 4 nitrogen and oxygen atoms in total. The van der Waals surface area contributed by atoms with Crippen LogP contribution in [0.1, 0.15) is 36.0 Å². The van der Waals surface area contributed by atoms with Gasteiger partial charge in [0, 0.05) is 12.0 Å². The fourth-order valence-electron chi connectivity index (χ4n) is 4.47. The number of allylic oxidation sites excluding steroid dienone is 1. The minimum Gasteiger partial charge on any atom is -0.511 e. The number of hydrogen-bond acceptors (Lipinski definition) is 4. The molecule has 0 unspecified atom stereocenters. The number of rotatable bonds is 5. The van der Waals surface area contributed by atoms with Crippen molar-refractivity contribution in [2.75, 3.05) is 0 Å². The summed E-state index contributed by atoms with van der Waals surface area (Å²) in [6, 6.07) is 6.43. The summed E-state index contributed by atoms with van der Waals surface area (Å²) in [5.41, 5.74) is 2.30. The van der Waals surface area contributed by atoms with Crippen molar-refractivity contribution in [1.29, 1.82) is 0 Å². The maximum absolute atomic E-state index is 13.9. The standard InChI is InChI=1S/C23H22F2O4/c1-12-7-16(29-21-5-3-14(24)9-19(21)25)8-13(2)22(12)18(11-26)23(27)17-10-15-4-6-20(17)28-15/h3,5,7-9,11,15,17,20,27H,4,6,10H2,1-2H3/b23-18-/t15-,17-,20+/m0/s1. The van der Waals surface area contributed by atoms with Gasteiger partial charge in [0.2, 0.25) is 0 Å². The Morgan fingerprint density at radius 3 is 2.45 bits per heavy atom. The summed E-state index contributed by atoms with van der Waals surface area (Å²) in [6.45, 7) is 3.59. The van der Waals surface area contributed by atoms with E-state index in [1.807, 2.05) is 0 Å². The van der Waals surface area contributed by atoms with Crippen LogP contribution in [0, 0.1) is 31.4 Å². The van der Waals surface area contributed by atoms with E-state index in [0.29, 0.717) is 28.7 Å². The number of aliphatic hydroxyl groups excluding tert-OH is 1. The minimum atomic E-state index is -0.799. The van der Waals surface area contributed by atoms with Gasteiger partial charge in [0.1, 0.15) is 17.3 Å². The summed E-state index contributed by atoms with van der Waals surface area (Å²) < 4.78 is 38.4. The number of benzene rings is 2. The highest BCUT2D eigenvalue weighted by molar-refractivity contribution is 6.09. The number of ether oxygens (including phenoxy) is 2. The number of aliphatic hydroxyl groups is 1. The van der Waals surface area contributed by atoms with Crippen LogP contribution < -0.4 is 4.74 Å². The highest BCUT2D eigenvalue weighted by Crippen LogP contribution is 2.44. The van der Waals surface area contributed by atoms with Crippen LogP contribution >= 0.6 is 0 Å². The third-order valence-electron chi connectivity index (χ3n) is 5.75. The average Bonchev–Trinajstić information content (AvgIpc) is 3.30. The molecule has 2 bridgehead atoms. The molecular formula is C23H22F2O4. The Kier molecular flexibility index (Phi) is 5.13. The third-order valence-corrected chi connectivity index (χ3v) is 5.75. The van der Waals surface area contributed by atoms with Gasteiger partial charge in [-0.2, -0.15) is 0 Å². The second kappa shape index (κ2) is 7.59.